The summed E-state index contributed by atoms with van der Waals surface area (Å²) < 4.78 is 7.66. The molecule has 0 radical (unpaired) electrons. The quantitative estimate of drug-likeness (QED) is 0.716. The molecule has 0 saturated carbocycles. The lowest BCUT2D eigenvalue weighted by atomic mass is 9.93. The third-order valence-corrected chi connectivity index (χ3v) is 6.53. The molecule has 1 saturated heterocycles. The second-order valence-electron chi connectivity index (χ2n) is 8.49. The lowest BCUT2D eigenvalue weighted by molar-refractivity contribution is 0.196. The van der Waals surface area contributed by atoms with Crippen molar-refractivity contribution in [3.8, 4) is 17.1 Å². The Labute approximate surface area is 176 Å². The van der Waals surface area contributed by atoms with Crippen molar-refractivity contribution in [3.05, 3.63) is 40.7 Å². The van der Waals surface area contributed by atoms with Crippen molar-refractivity contribution in [1.29, 1.82) is 0 Å². The normalized spacial score (nSPS) is 17.7. The molecular formula is C22H29N7O. The SMILES string of the molecule is Cc1nc(CN2CCC(c3cc(-c4cnn(C)c4C)n[nH]3)CC2)nc2c1CCCO2. The molecule has 5 rings (SSSR count). The van der Waals surface area contributed by atoms with E-state index in [1.54, 1.807) is 0 Å². The molecule has 0 aromatic carbocycles. The van der Waals surface area contributed by atoms with Crippen molar-refractivity contribution in [3.63, 3.8) is 0 Å². The number of aromatic nitrogens is 6. The van der Waals surface area contributed by atoms with E-state index >= 15 is 0 Å². The summed E-state index contributed by atoms with van der Waals surface area (Å²) in [5, 5.41) is 12.1. The number of hydrogen-bond donors (Lipinski definition) is 1. The highest BCUT2D eigenvalue weighted by atomic mass is 16.5. The van der Waals surface area contributed by atoms with Crippen LogP contribution in [0.4, 0.5) is 0 Å². The van der Waals surface area contributed by atoms with Crippen LogP contribution >= 0.6 is 0 Å². The number of likely N-dealkylation sites (tertiary alicyclic amines) is 1. The minimum Gasteiger partial charge on any atom is -0.477 e. The number of aromatic amines is 1. The van der Waals surface area contributed by atoms with Gasteiger partial charge in [0.2, 0.25) is 5.88 Å². The molecule has 0 amide bonds. The van der Waals surface area contributed by atoms with E-state index in [1.807, 2.05) is 17.9 Å². The topological polar surface area (TPSA) is 84.8 Å². The van der Waals surface area contributed by atoms with Gasteiger partial charge in [-0.15, -0.1) is 0 Å². The van der Waals surface area contributed by atoms with Crippen molar-refractivity contribution < 1.29 is 4.74 Å². The van der Waals surface area contributed by atoms with Gasteiger partial charge < -0.3 is 4.74 Å². The number of fused-ring (bicyclic) bond motifs is 1. The van der Waals surface area contributed by atoms with Crippen molar-refractivity contribution >= 4 is 0 Å². The fraction of sp³-hybridized carbons (Fsp3) is 0.545. The van der Waals surface area contributed by atoms with Gasteiger partial charge in [0.25, 0.3) is 0 Å². The first-order valence-electron chi connectivity index (χ1n) is 10.8. The second-order valence-corrected chi connectivity index (χ2v) is 8.49. The van der Waals surface area contributed by atoms with E-state index in [0.29, 0.717) is 5.92 Å². The zero-order valence-corrected chi connectivity index (χ0v) is 18.0. The van der Waals surface area contributed by atoms with Gasteiger partial charge in [-0.05, 0) is 58.7 Å². The highest BCUT2D eigenvalue weighted by Gasteiger charge is 2.24. The molecule has 8 nitrogen and oxygen atoms in total. The molecular weight excluding hydrogens is 378 g/mol. The Bertz CT molecular complexity index is 1050. The maximum atomic E-state index is 5.77. The Balaban J connectivity index is 1.22. The Hall–Kier alpha value is -2.74. The van der Waals surface area contributed by atoms with E-state index in [-0.39, 0.29) is 0 Å². The van der Waals surface area contributed by atoms with Gasteiger partial charge in [-0.25, -0.2) is 4.98 Å². The van der Waals surface area contributed by atoms with E-state index < -0.39 is 0 Å². The molecule has 8 heteroatoms. The average Bonchev–Trinajstić information content (AvgIpc) is 3.36. The molecule has 2 aliphatic rings. The van der Waals surface area contributed by atoms with Crippen LogP contribution in [0.25, 0.3) is 11.3 Å². The van der Waals surface area contributed by atoms with Gasteiger partial charge >= 0.3 is 0 Å². The van der Waals surface area contributed by atoms with Crippen LogP contribution in [-0.4, -0.2) is 54.5 Å². The highest BCUT2D eigenvalue weighted by Crippen LogP contribution is 2.31. The molecule has 1 N–H and O–H groups in total. The van der Waals surface area contributed by atoms with Crippen LogP contribution in [0.5, 0.6) is 5.88 Å². The number of piperidine rings is 1. The summed E-state index contributed by atoms with van der Waals surface area (Å²) >= 11 is 0. The molecule has 0 atom stereocenters. The van der Waals surface area contributed by atoms with E-state index in [1.165, 1.54) is 11.3 Å². The van der Waals surface area contributed by atoms with Crippen LogP contribution < -0.4 is 4.74 Å². The summed E-state index contributed by atoms with van der Waals surface area (Å²) in [6.07, 6.45) is 6.18. The van der Waals surface area contributed by atoms with Crippen LogP contribution in [0.15, 0.2) is 12.3 Å². The predicted octanol–water partition coefficient (Wildman–Crippen LogP) is 2.92. The molecule has 30 heavy (non-hydrogen) atoms. The van der Waals surface area contributed by atoms with E-state index in [4.69, 9.17) is 14.7 Å². The van der Waals surface area contributed by atoms with Crippen LogP contribution in [0.2, 0.25) is 0 Å². The van der Waals surface area contributed by atoms with Gasteiger partial charge in [0.05, 0.1) is 25.0 Å². The lowest BCUT2D eigenvalue weighted by Gasteiger charge is -2.31. The maximum Gasteiger partial charge on any atom is 0.220 e. The van der Waals surface area contributed by atoms with E-state index in [2.05, 4.69) is 40.1 Å². The number of ether oxygens (including phenoxy) is 1. The monoisotopic (exact) mass is 407 g/mol. The van der Waals surface area contributed by atoms with E-state index in [0.717, 1.165) is 86.3 Å². The zero-order chi connectivity index (χ0) is 20.7. The minimum atomic E-state index is 0.508. The van der Waals surface area contributed by atoms with Crippen LogP contribution in [0.3, 0.4) is 0 Å². The van der Waals surface area contributed by atoms with E-state index in [9.17, 15) is 0 Å². The molecule has 0 aliphatic carbocycles. The third kappa shape index (κ3) is 3.60. The molecule has 1 fully saturated rings. The number of aryl methyl sites for hydroxylation is 2. The highest BCUT2D eigenvalue weighted by molar-refractivity contribution is 5.61. The van der Waals surface area contributed by atoms with Gasteiger partial charge in [-0.2, -0.15) is 15.2 Å². The first-order valence-corrected chi connectivity index (χ1v) is 10.8. The van der Waals surface area contributed by atoms with Crippen molar-refractivity contribution in [1.82, 2.24) is 34.8 Å². The third-order valence-electron chi connectivity index (χ3n) is 6.53. The van der Waals surface area contributed by atoms with Crippen molar-refractivity contribution in [2.75, 3.05) is 19.7 Å². The summed E-state index contributed by atoms with van der Waals surface area (Å²) in [7, 11) is 1.96. The average molecular weight is 408 g/mol. The lowest BCUT2D eigenvalue weighted by Crippen LogP contribution is -2.33. The van der Waals surface area contributed by atoms with Gasteiger partial charge in [0.15, 0.2) is 0 Å². The molecule has 0 bridgehead atoms. The molecule has 158 valence electrons. The number of nitrogens with zero attached hydrogens (tertiary/aromatic N) is 6. The summed E-state index contributed by atoms with van der Waals surface area (Å²) in [5.74, 6) is 2.19. The fourth-order valence-electron chi connectivity index (χ4n) is 4.56. The summed E-state index contributed by atoms with van der Waals surface area (Å²) in [6, 6.07) is 2.19. The first kappa shape index (κ1) is 19.2. The van der Waals surface area contributed by atoms with Gasteiger partial charge in [-0.1, -0.05) is 0 Å². The molecule has 0 unspecified atom stereocenters. The standard InChI is InChI=1S/C22H29N7O/c1-14-17-5-4-10-30-22(17)25-21(24-14)13-29-8-6-16(7-9-29)19-11-20(27-26-19)18-12-23-28(3)15(18)2/h11-12,16H,4-10,13H2,1-3H3,(H,26,27). The Morgan fingerprint density at radius 3 is 2.80 bits per heavy atom. The first-order chi connectivity index (χ1) is 14.6. The van der Waals surface area contributed by atoms with Crippen LogP contribution in [0.1, 0.15) is 53.7 Å². The molecule has 3 aromatic heterocycles. The van der Waals surface area contributed by atoms with Crippen molar-refractivity contribution in [2.45, 2.75) is 52.0 Å². The minimum absolute atomic E-state index is 0.508. The van der Waals surface area contributed by atoms with Crippen molar-refractivity contribution in [2.24, 2.45) is 7.05 Å². The van der Waals surface area contributed by atoms with Gasteiger partial charge in [0, 0.05) is 41.2 Å². The summed E-state index contributed by atoms with van der Waals surface area (Å²) in [6.45, 7) is 7.76. The molecule has 2 aliphatic heterocycles. The molecule has 5 heterocycles. The Kier molecular flexibility index (Phi) is 5.02. The van der Waals surface area contributed by atoms with Gasteiger partial charge in [-0.3, -0.25) is 14.7 Å². The fourth-order valence-corrected chi connectivity index (χ4v) is 4.56. The smallest absolute Gasteiger partial charge is 0.220 e. The largest absolute Gasteiger partial charge is 0.477 e. The zero-order valence-electron chi connectivity index (χ0n) is 18.0. The number of nitrogens with one attached hydrogen (secondary N) is 1. The second kappa shape index (κ2) is 7.83. The van der Waals surface area contributed by atoms with Crippen LogP contribution in [0, 0.1) is 13.8 Å². The Morgan fingerprint density at radius 2 is 2.03 bits per heavy atom. The molecule has 0 spiro atoms. The van der Waals surface area contributed by atoms with Crippen LogP contribution in [-0.2, 0) is 20.0 Å². The number of hydrogen-bond acceptors (Lipinski definition) is 6. The number of H-pyrrole nitrogens is 1. The maximum absolute atomic E-state index is 5.77. The van der Waals surface area contributed by atoms with Gasteiger partial charge in [0.1, 0.15) is 5.82 Å². The number of rotatable bonds is 4. The summed E-state index contributed by atoms with van der Waals surface area (Å²) in [5.41, 5.74) is 6.69. The predicted molar refractivity (Wildman–Crippen MR) is 113 cm³/mol. The Morgan fingerprint density at radius 1 is 1.20 bits per heavy atom. The molecule has 3 aromatic rings. The summed E-state index contributed by atoms with van der Waals surface area (Å²) in [4.78, 5) is 11.9.